The number of hydrogen-bond acceptors (Lipinski definition) is 2. The van der Waals surface area contributed by atoms with Crippen molar-refractivity contribution in [2.75, 3.05) is 14.1 Å². The highest BCUT2D eigenvalue weighted by molar-refractivity contribution is 5.73. The number of benzene rings is 1. The number of rotatable bonds is 2. The van der Waals surface area contributed by atoms with Gasteiger partial charge in [-0.15, -0.1) is 0 Å². The lowest BCUT2D eigenvalue weighted by molar-refractivity contribution is 0.209. The molecule has 4 nitrogen and oxygen atoms in total. The molecule has 0 aliphatic heterocycles. The van der Waals surface area contributed by atoms with E-state index in [9.17, 15) is 9.90 Å². The molecular formula is C10H14N2O2. The average Bonchev–Trinajstić information content (AvgIpc) is 2.16. The number of aromatic hydroxyl groups is 1. The first-order valence-corrected chi connectivity index (χ1v) is 4.34. The number of amides is 2. The SMILES string of the molecule is CNC(=O)N(C)Cc1cccc(O)c1. The minimum Gasteiger partial charge on any atom is -0.508 e. The van der Waals surface area contributed by atoms with E-state index in [0.717, 1.165) is 5.56 Å². The highest BCUT2D eigenvalue weighted by atomic mass is 16.3. The summed E-state index contributed by atoms with van der Waals surface area (Å²) in [6.45, 7) is 0.480. The van der Waals surface area contributed by atoms with Gasteiger partial charge in [0.2, 0.25) is 0 Å². The Morgan fingerprint density at radius 3 is 2.86 bits per heavy atom. The molecule has 0 saturated heterocycles. The largest absolute Gasteiger partial charge is 0.508 e. The smallest absolute Gasteiger partial charge is 0.317 e. The molecule has 0 bridgehead atoms. The summed E-state index contributed by atoms with van der Waals surface area (Å²) in [6.07, 6.45) is 0. The van der Waals surface area contributed by atoms with Crippen molar-refractivity contribution in [2.24, 2.45) is 0 Å². The molecule has 4 heteroatoms. The molecule has 76 valence electrons. The number of nitrogens with zero attached hydrogens (tertiary/aromatic N) is 1. The molecule has 1 rings (SSSR count). The molecule has 0 spiro atoms. The van der Waals surface area contributed by atoms with Crippen molar-refractivity contribution in [3.8, 4) is 5.75 Å². The molecule has 0 atom stereocenters. The molecular weight excluding hydrogens is 180 g/mol. The van der Waals surface area contributed by atoms with Crippen LogP contribution < -0.4 is 5.32 Å². The molecule has 0 heterocycles. The number of urea groups is 1. The van der Waals surface area contributed by atoms with Crippen LogP contribution in [0.15, 0.2) is 24.3 Å². The molecule has 0 unspecified atom stereocenters. The van der Waals surface area contributed by atoms with Crippen LogP contribution in [0.4, 0.5) is 4.79 Å². The second kappa shape index (κ2) is 4.50. The fraction of sp³-hybridized carbons (Fsp3) is 0.300. The van der Waals surface area contributed by atoms with Crippen LogP contribution >= 0.6 is 0 Å². The van der Waals surface area contributed by atoms with E-state index in [1.807, 2.05) is 6.07 Å². The Bertz CT molecular complexity index is 326. The van der Waals surface area contributed by atoms with Gasteiger partial charge in [-0.25, -0.2) is 4.79 Å². The number of phenols is 1. The quantitative estimate of drug-likeness (QED) is 0.742. The Morgan fingerprint density at radius 1 is 1.57 bits per heavy atom. The molecule has 1 aromatic carbocycles. The summed E-state index contributed by atoms with van der Waals surface area (Å²) in [4.78, 5) is 12.7. The summed E-state index contributed by atoms with van der Waals surface area (Å²) in [5.41, 5.74) is 0.899. The van der Waals surface area contributed by atoms with Crippen molar-refractivity contribution in [2.45, 2.75) is 6.54 Å². The van der Waals surface area contributed by atoms with Gasteiger partial charge in [0, 0.05) is 20.6 Å². The Kier molecular flexibility index (Phi) is 3.34. The summed E-state index contributed by atoms with van der Waals surface area (Å²) in [5.74, 6) is 0.216. The van der Waals surface area contributed by atoms with Crippen LogP contribution in [0.2, 0.25) is 0 Å². The lowest BCUT2D eigenvalue weighted by Gasteiger charge is -2.16. The van der Waals surface area contributed by atoms with E-state index in [0.29, 0.717) is 6.54 Å². The predicted molar refractivity (Wildman–Crippen MR) is 54.0 cm³/mol. The van der Waals surface area contributed by atoms with Gasteiger partial charge >= 0.3 is 6.03 Å². The van der Waals surface area contributed by atoms with Crippen molar-refractivity contribution in [3.05, 3.63) is 29.8 Å². The monoisotopic (exact) mass is 194 g/mol. The third-order valence-corrected chi connectivity index (χ3v) is 1.89. The summed E-state index contributed by atoms with van der Waals surface area (Å²) in [5, 5.41) is 11.7. The lowest BCUT2D eigenvalue weighted by atomic mass is 10.2. The van der Waals surface area contributed by atoms with Crippen LogP contribution in [0.25, 0.3) is 0 Å². The number of carbonyl (C=O) groups is 1. The highest BCUT2D eigenvalue weighted by Crippen LogP contribution is 2.12. The topological polar surface area (TPSA) is 52.6 Å². The summed E-state index contributed by atoms with van der Waals surface area (Å²) >= 11 is 0. The molecule has 0 aromatic heterocycles. The summed E-state index contributed by atoms with van der Waals surface area (Å²) in [7, 11) is 3.28. The van der Waals surface area contributed by atoms with Crippen LogP contribution in [-0.2, 0) is 6.54 Å². The van der Waals surface area contributed by atoms with Crippen LogP contribution in [0.3, 0.4) is 0 Å². The van der Waals surface area contributed by atoms with Gasteiger partial charge in [-0.05, 0) is 17.7 Å². The van der Waals surface area contributed by atoms with Crippen LogP contribution in [0, 0.1) is 0 Å². The van der Waals surface area contributed by atoms with E-state index >= 15 is 0 Å². The van der Waals surface area contributed by atoms with Crippen molar-refractivity contribution in [3.63, 3.8) is 0 Å². The minimum atomic E-state index is -0.145. The predicted octanol–water partition coefficient (Wildman–Crippen LogP) is 1.16. The Hall–Kier alpha value is -1.71. The van der Waals surface area contributed by atoms with Crippen LogP contribution in [-0.4, -0.2) is 30.1 Å². The minimum absolute atomic E-state index is 0.145. The van der Waals surface area contributed by atoms with Gasteiger partial charge < -0.3 is 15.3 Å². The fourth-order valence-corrected chi connectivity index (χ4v) is 1.19. The van der Waals surface area contributed by atoms with Gasteiger partial charge in [0.05, 0.1) is 0 Å². The number of carbonyl (C=O) groups excluding carboxylic acids is 1. The first-order chi connectivity index (χ1) is 6.63. The number of nitrogens with one attached hydrogen (secondary N) is 1. The van der Waals surface area contributed by atoms with Crippen LogP contribution in [0.5, 0.6) is 5.75 Å². The van der Waals surface area contributed by atoms with Crippen LogP contribution in [0.1, 0.15) is 5.56 Å². The zero-order chi connectivity index (χ0) is 10.6. The highest BCUT2D eigenvalue weighted by Gasteiger charge is 2.06. The molecule has 0 fully saturated rings. The van der Waals surface area contributed by atoms with E-state index in [-0.39, 0.29) is 11.8 Å². The Balaban J connectivity index is 2.64. The van der Waals surface area contributed by atoms with Crippen molar-refractivity contribution in [1.29, 1.82) is 0 Å². The average molecular weight is 194 g/mol. The zero-order valence-corrected chi connectivity index (χ0v) is 8.32. The zero-order valence-electron chi connectivity index (χ0n) is 8.32. The Morgan fingerprint density at radius 2 is 2.29 bits per heavy atom. The second-order valence-corrected chi connectivity index (χ2v) is 3.08. The first-order valence-electron chi connectivity index (χ1n) is 4.34. The second-order valence-electron chi connectivity index (χ2n) is 3.08. The van der Waals surface area contributed by atoms with Gasteiger partial charge in [-0.1, -0.05) is 12.1 Å². The molecule has 2 amide bonds. The Labute approximate surface area is 83.2 Å². The third-order valence-electron chi connectivity index (χ3n) is 1.89. The molecule has 0 radical (unpaired) electrons. The maximum absolute atomic E-state index is 11.2. The van der Waals surface area contributed by atoms with Crippen molar-refractivity contribution < 1.29 is 9.90 Å². The molecule has 0 aliphatic carbocycles. The summed E-state index contributed by atoms with van der Waals surface area (Å²) < 4.78 is 0. The summed E-state index contributed by atoms with van der Waals surface area (Å²) in [6, 6.07) is 6.71. The van der Waals surface area contributed by atoms with Gasteiger partial charge in [-0.3, -0.25) is 0 Å². The number of hydrogen-bond donors (Lipinski definition) is 2. The van der Waals surface area contributed by atoms with Crippen molar-refractivity contribution in [1.82, 2.24) is 10.2 Å². The number of phenolic OH excluding ortho intramolecular Hbond substituents is 1. The van der Waals surface area contributed by atoms with E-state index in [1.165, 1.54) is 4.90 Å². The molecule has 0 aliphatic rings. The van der Waals surface area contributed by atoms with Gasteiger partial charge in [0.1, 0.15) is 5.75 Å². The molecule has 0 saturated carbocycles. The van der Waals surface area contributed by atoms with Gasteiger partial charge in [0.25, 0.3) is 0 Å². The third kappa shape index (κ3) is 2.65. The molecule has 1 aromatic rings. The maximum Gasteiger partial charge on any atom is 0.317 e. The van der Waals surface area contributed by atoms with E-state index in [4.69, 9.17) is 0 Å². The van der Waals surface area contributed by atoms with E-state index in [1.54, 1.807) is 32.3 Å². The van der Waals surface area contributed by atoms with E-state index in [2.05, 4.69) is 5.32 Å². The first kappa shape index (κ1) is 10.4. The maximum atomic E-state index is 11.2. The standard InChI is InChI=1S/C10H14N2O2/c1-11-10(14)12(2)7-8-4-3-5-9(13)6-8/h3-6,13H,7H2,1-2H3,(H,11,14). The fourth-order valence-electron chi connectivity index (χ4n) is 1.19. The van der Waals surface area contributed by atoms with Gasteiger partial charge in [-0.2, -0.15) is 0 Å². The van der Waals surface area contributed by atoms with E-state index < -0.39 is 0 Å². The normalized spacial score (nSPS) is 9.57. The molecule has 14 heavy (non-hydrogen) atoms. The molecule has 2 N–H and O–H groups in total. The lowest BCUT2D eigenvalue weighted by Crippen LogP contribution is -2.34. The van der Waals surface area contributed by atoms with Gasteiger partial charge in [0.15, 0.2) is 0 Å². The van der Waals surface area contributed by atoms with Crippen molar-refractivity contribution >= 4 is 6.03 Å².